The predicted molar refractivity (Wildman–Crippen MR) is 137 cm³/mol. The van der Waals surface area contributed by atoms with Gasteiger partial charge >= 0.3 is 11.9 Å². The number of pyridine rings is 1. The van der Waals surface area contributed by atoms with Crippen molar-refractivity contribution < 1.29 is 24.6 Å². The summed E-state index contributed by atoms with van der Waals surface area (Å²) in [5.74, 6) is -3.07. The van der Waals surface area contributed by atoms with Crippen LogP contribution >= 0.6 is 11.6 Å². The molecule has 0 spiro atoms. The highest BCUT2D eigenvalue weighted by molar-refractivity contribution is 6.30. The number of carboxylic acid groups (broad SMARTS) is 2. The van der Waals surface area contributed by atoms with E-state index in [0.29, 0.717) is 42.6 Å². The first-order valence-corrected chi connectivity index (χ1v) is 12.1. The van der Waals surface area contributed by atoms with E-state index in [0.717, 1.165) is 16.6 Å². The van der Waals surface area contributed by atoms with E-state index < -0.39 is 17.5 Å². The highest BCUT2D eigenvalue weighted by Gasteiger charge is 2.45. The summed E-state index contributed by atoms with van der Waals surface area (Å²) in [6.45, 7) is 2.11. The van der Waals surface area contributed by atoms with Crippen molar-refractivity contribution >= 4 is 41.0 Å². The molecule has 1 aliphatic rings. The van der Waals surface area contributed by atoms with Crippen LogP contribution in [0.1, 0.15) is 38.2 Å². The number of carbonyl (C=O) groups excluding carboxylic acids is 1. The molecule has 2 N–H and O–H groups in total. The molecular weight excluding hydrogens is 482 g/mol. The summed E-state index contributed by atoms with van der Waals surface area (Å²) < 4.78 is 1.73. The molecular formula is C27H26ClN3O5. The fraction of sp³-hybridized carbons (Fsp3) is 0.259. The zero-order chi connectivity index (χ0) is 25.9. The number of halogens is 1. The van der Waals surface area contributed by atoms with Crippen LogP contribution in [0, 0.1) is 0 Å². The van der Waals surface area contributed by atoms with Gasteiger partial charge in [0.1, 0.15) is 5.69 Å². The highest BCUT2D eigenvalue weighted by Crippen LogP contribution is 2.38. The number of fused-ring (bicyclic) bond motifs is 1. The zero-order valence-electron chi connectivity index (χ0n) is 19.7. The Labute approximate surface area is 213 Å². The molecule has 8 nitrogen and oxygen atoms in total. The number of amides is 1. The molecule has 36 heavy (non-hydrogen) atoms. The van der Waals surface area contributed by atoms with Gasteiger partial charge in [-0.15, -0.1) is 0 Å². The standard InChI is InChI=1S/C27H26ClN3O5/c1-2-27(21(26(35)36)17-24(33)34)14-4-6-15-30(27)23(32)13-12-20-22-7-3-5-16-31(22)29-25(20)18-8-10-19(28)11-9-18/h3,5,7-13,16-17H,2,4,6,14-15H2,1H3,(H,33,34)(H,35,36)/b13-12?,21-17+. The van der Waals surface area contributed by atoms with Crippen molar-refractivity contribution in [3.8, 4) is 11.3 Å². The molecule has 1 amide bonds. The van der Waals surface area contributed by atoms with Crippen molar-refractivity contribution in [3.05, 3.63) is 77.0 Å². The van der Waals surface area contributed by atoms with Gasteiger partial charge in [-0.3, -0.25) is 4.79 Å². The van der Waals surface area contributed by atoms with E-state index in [-0.39, 0.29) is 17.9 Å². The van der Waals surface area contributed by atoms with E-state index in [1.54, 1.807) is 29.6 Å². The normalized spacial score (nSPS) is 18.6. The molecule has 0 aliphatic carbocycles. The first-order chi connectivity index (χ1) is 17.3. The molecule has 0 radical (unpaired) electrons. The Kier molecular flexibility index (Phi) is 7.26. The minimum Gasteiger partial charge on any atom is -0.478 e. The lowest BCUT2D eigenvalue weighted by Crippen LogP contribution is -2.56. The lowest BCUT2D eigenvalue weighted by Gasteiger charge is -2.47. The Morgan fingerprint density at radius 2 is 1.86 bits per heavy atom. The van der Waals surface area contributed by atoms with Crippen molar-refractivity contribution in [2.24, 2.45) is 0 Å². The second-order valence-electron chi connectivity index (χ2n) is 8.67. The molecule has 1 saturated heterocycles. The number of carboxylic acids is 2. The molecule has 3 heterocycles. The van der Waals surface area contributed by atoms with Crippen LogP contribution in [-0.2, 0) is 14.4 Å². The van der Waals surface area contributed by atoms with Gasteiger partial charge < -0.3 is 15.1 Å². The van der Waals surface area contributed by atoms with Crippen LogP contribution in [0.25, 0.3) is 22.9 Å². The number of rotatable bonds is 7. The third kappa shape index (κ3) is 4.77. The Balaban J connectivity index is 1.77. The molecule has 4 rings (SSSR count). The number of carbonyl (C=O) groups is 3. The summed E-state index contributed by atoms with van der Waals surface area (Å²) in [6.07, 6.45) is 7.69. The van der Waals surface area contributed by atoms with Crippen LogP contribution in [-0.4, -0.2) is 54.7 Å². The molecule has 1 unspecified atom stereocenters. The van der Waals surface area contributed by atoms with Crippen molar-refractivity contribution in [2.45, 2.75) is 38.1 Å². The molecule has 9 heteroatoms. The van der Waals surface area contributed by atoms with Gasteiger partial charge in [0.2, 0.25) is 5.91 Å². The second kappa shape index (κ2) is 10.4. The minimum absolute atomic E-state index is 0.281. The molecule has 1 fully saturated rings. The molecule has 186 valence electrons. The topological polar surface area (TPSA) is 112 Å². The molecule has 0 saturated carbocycles. The van der Waals surface area contributed by atoms with Gasteiger partial charge in [-0.25, -0.2) is 14.1 Å². The number of benzene rings is 1. The first kappa shape index (κ1) is 25.2. The van der Waals surface area contributed by atoms with E-state index in [9.17, 15) is 24.6 Å². The SMILES string of the molecule is CCC1(/C(=C/C(=O)O)C(=O)O)CCCCN1C(=O)C=Cc1c(-c2ccc(Cl)cc2)nn2ccccc12. The maximum Gasteiger partial charge on any atom is 0.334 e. The molecule has 3 aromatic rings. The Hall–Kier alpha value is -3.91. The third-order valence-electron chi connectivity index (χ3n) is 6.68. The lowest BCUT2D eigenvalue weighted by molar-refractivity contribution is -0.140. The number of nitrogens with zero attached hydrogens (tertiary/aromatic N) is 3. The summed E-state index contributed by atoms with van der Waals surface area (Å²) in [5, 5.41) is 24.4. The third-order valence-corrected chi connectivity index (χ3v) is 6.93. The largest absolute Gasteiger partial charge is 0.478 e. The van der Waals surface area contributed by atoms with Gasteiger partial charge in [-0.1, -0.05) is 36.7 Å². The maximum absolute atomic E-state index is 13.5. The second-order valence-corrected chi connectivity index (χ2v) is 9.10. The summed E-state index contributed by atoms with van der Waals surface area (Å²) in [4.78, 5) is 38.5. The number of hydrogen-bond acceptors (Lipinski definition) is 4. The number of hydrogen-bond donors (Lipinski definition) is 2. The van der Waals surface area contributed by atoms with Crippen LogP contribution in [0.3, 0.4) is 0 Å². The summed E-state index contributed by atoms with van der Waals surface area (Å²) in [7, 11) is 0. The molecule has 0 bridgehead atoms. The summed E-state index contributed by atoms with van der Waals surface area (Å²) in [5.41, 5.74) is 1.53. The smallest absolute Gasteiger partial charge is 0.334 e. The molecule has 1 aromatic carbocycles. The fourth-order valence-electron chi connectivity index (χ4n) is 4.96. The van der Waals surface area contributed by atoms with Crippen LogP contribution in [0.2, 0.25) is 5.02 Å². The quantitative estimate of drug-likeness (QED) is 0.439. The minimum atomic E-state index is -1.35. The lowest BCUT2D eigenvalue weighted by atomic mass is 9.77. The van der Waals surface area contributed by atoms with Crippen molar-refractivity contribution in [2.75, 3.05) is 6.54 Å². The van der Waals surface area contributed by atoms with Gasteiger partial charge in [0.25, 0.3) is 0 Å². The van der Waals surface area contributed by atoms with Gasteiger partial charge in [0, 0.05) is 41.0 Å². The average Bonchev–Trinajstić information content (AvgIpc) is 3.24. The monoisotopic (exact) mass is 507 g/mol. The summed E-state index contributed by atoms with van der Waals surface area (Å²) >= 11 is 6.05. The predicted octanol–water partition coefficient (Wildman–Crippen LogP) is 4.92. The number of piperidine rings is 1. The van der Waals surface area contributed by atoms with E-state index in [1.165, 1.54) is 11.0 Å². The van der Waals surface area contributed by atoms with Crippen molar-refractivity contribution in [1.82, 2.24) is 14.5 Å². The van der Waals surface area contributed by atoms with Gasteiger partial charge in [-0.2, -0.15) is 5.10 Å². The van der Waals surface area contributed by atoms with Crippen LogP contribution in [0.5, 0.6) is 0 Å². The van der Waals surface area contributed by atoms with E-state index in [2.05, 4.69) is 5.10 Å². The average molecular weight is 508 g/mol. The van der Waals surface area contributed by atoms with Crippen LogP contribution in [0.4, 0.5) is 0 Å². The molecule has 2 aromatic heterocycles. The number of aromatic nitrogens is 2. The molecule has 1 atom stereocenters. The van der Waals surface area contributed by atoms with Crippen molar-refractivity contribution in [1.29, 1.82) is 0 Å². The Morgan fingerprint density at radius 3 is 2.53 bits per heavy atom. The van der Waals surface area contributed by atoms with E-state index >= 15 is 0 Å². The number of likely N-dealkylation sites (tertiary alicyclic amines) is 1. The first-order valence-electron chi connectivity index (χ1n) is 11.7. The van der Waals surface area contributed by atoms with Crippen LogP contribution in [0.15, 0.2) is 66.4 Å². The van der Waals surface area contributed by atoms with Gasteiger partial charge in [0.15, 0.2) is 0 Å². The molecule has 1 aliphatic heterocycles. The number of aliphatic carboxylic acids is 2. The highest BCUT2D eigenvalue weighted by atomic mass is 35.5. The van der Waals surface area contributed by atoms with Gasteiger partial charge in [0.05, 0.1) is 16.6 Å². The Morgan fingerprint density at radius 1 is 1.11 bits per heavy atom. The van der Waals surface area contributed by atoms with Gasteiger partial charge in [-0.05, 0) is 56.0 Å². The van der Waals surface area contributed by atoms with E-state index in [4.69, 9.17) is 11.6 Å². The summed E-state index contributed by atoms with van der Waals surface area (Å²) in [6, 6.07) is 12.9. The van der Waals surface area contributed by atoms with Crippen molar-refractivity contribution in [3.63, 3.8) is 0 Å². The Bertz CT molecular complexity index is 1380. The fourth-order valence-corrected chi connectivity index (χ4v) is 5.09. The van der Waals surface area contributed by atoms with E-state index in [1.807, 2.05) is 36.5 Å². The van der Waals surface area contributed by atoms with Crippen LogP contribution < -0.4 is 0 Å². The maximum atomic E-state index is 13.5. The zero-order valence-corrected chi connectivity index (χ0v) is 20.5.